The number of amides is 1. The van der Waals surface area contributed by atoms with E-state index < -0.39 is 0 Å². The van der Waals surface area contributed by atoms with Crippen LogP contribution in [0.15, 0.2) is 24.3 Å². The van der Waals surface area contributed by atoms with Crippen LogP contribution >= 0.6 is 0 Å². The van der Waals surface area contributed by atoms with Gasteiger partial charge in [0.15, 0.2) is 0 Å². The third-order valence-corrected chi connectivity index (χ3v) is 4.34. The van der Waals surface area contributed by atoms with E-state index in [-0.39, 0.29) is 11.8 Å². The van der Waals surface area contributed by atoms with Gasteiger partial charge in [0.05, 0.1) is 0 Å². The molecule has 1 fully saturated rings. The Morgan fingerprint density at radius 2 is 1.70 bits per heavy atom. The van der Waals surface area contributed by atoms with Crippen LogP contribution in [0.4, 0.5) is 5.69 Å². The lowest BCUT2D eigenvalue weighted by Gasteiger charge is -2.15. The maximum atomic E-state index is 12.3. The maximum absolute atomic E-state index is 12.3. The van der Waals surface area contributed by atoms with E-state index in [4.69, 9.17) is 0 Å². The summed E-state index contributed by atoms with van der Waals surface area (Å²) in [6.45, 7) is 2.12. The molecule has 1 saturated carbocycles. The van der Waals surface area contributed by atoms with Crippen molar-refractivity contribution in [2.45, 2.75) is 51.5 Å². The standard InChI is InChI=1S/C17H26N2O/c1-13(18-2)14-9-11-16(12-10-14)19-17(20)15-7-5-3-4-6-8-15/h9-13,15,18H,3-8H2,1-2H3,(H,19,20). The Morgan fingerprint density at radius 1 is 1.10 bits per heavy atom. The Labute approximate surface area is 122 Å². The molecular formula is C17H26N2O. The molecule has 0 bridgehead atoms. The molecule has 1 aliphatic carbocycles. The molecule has 20 heavy (non-hydrogen) atoms. The number of hydrogen-bond donors (Lipinski definition) is 2. The van der Waals surface area contributed by atoms with Crippen LogP contribution < -0.4 is 10.6 Å². The van der Waals surface area contributed by atoms with Crippen LogP contribution in [0.5, 0.6) is 0 Å². The van der Waals surface area contributed by atoms with Crippen LogP contribution in [0, 0.1) is 5.92 Å². The summed E-state index contributed by atoms with van der Waals surface area (Å²) in [4.78, 5) is 12.3. The molecule has 0 radical (unpaired) electrons. The second-order valence-electron chi connectivity index (χ2n) is 5.81. The van der Waals surface area contributed by atoms with Crippen molar-refractivity contribution in [1.82, 2.24) is 5.32 Å². The third-order valence-electron chi connectivity index (χ3n) is 4.34. The van der Waals surface area contributed by atoms with Crippen molar-refractivity contribution < 1.29 is 4.79 Å². The summed E-state index contributed by atoms with van der Waals surface area (Å²) in [7, 11) is 1.95. The lowest BCUT2D eigenvalue weighted by molar-refractivity contribution is -0.120. The fourth-order valence-electron chi connectivity index (χ4n) is 2.81. The van der Waals surface area contributed by atoms with E-state index >= 15 is 0 Å². The van der Waals surface area contributed by atoms with Crippen LogP contribution in [0.3, 0.4) is 0 Å². The van der Waals surface area contributed by atoms with Gasteiger partial charge < -0.3 is 10.6 Å². The van der Waals surface area contributed by atoms with Crippen molar-refractivity contribution in [2.24, 2.45) is 5.92 Å². The highest BCUT2D eigenvalue weighted by molar-refractivity contribution is 5.92. The largest absolute Gasteiger partial charge is 0.326 e. The Bertz CT molecular complexity index is 419. The number of carbonyl (C=O) groups excluding carboxylic acids is 1. The number of anilines is 1. The van der Waals surface area contributed by atoms with E-state index in [0.29, 0.717) is 6.04 Å². The van der Waals surface area contributed by atoms with Crippen molar-refractivity contribution >= 4 is 11.6 Å². The van der Waals surface area contributed by atoms with Gasteiger partial charge in [-0.15, -0.1) is 0 Å². The molecular weight excluding hydrogens is 248 g/mol. The van der Waals surface area contributed by atoms with Gasteiger partial charge in [0.25, 0.3) is 0 Å². The van der Waals surface area contributed by atoms with Gasteiger partial charge in [-0.25, -0.2) is 0 Å². The minimum Gasteiger partial charge on any atom is -0.326 e. The zero-order valence-corrected chi connectivity index (χ0v) is 12.6. The minimum absolute atomic E-state index is 0.196. The molecule has 0 saturated heterocycles. The van der Waals surface area contributed by atoms with E-state index in [2.05, 4.69) is 29.7 Å². The normalized spacial score (nSPS) is 18.3. The number of carbonyl (C=O) groups is 1. The van der Waals surface area contributed by atoms with Gasteiger partial charge in [0.2, 0.25) is 5.91 Å². The molecule has 0 aliphatic heterocycles. The molecule has 2 rings (SSSR count). The maximum Gasteiger partial charge on any atom is 0.227 e. The molecule has 1 amide bonds. The molecule has 0 heterocycles. The summed E-state index contributed by atoms with van der Waals surface area (Å²) >= 11 is 0. The van der Waals surface area contributed by atoms with E-state index in [1.807, 2.05) is 19.2 Å². The quantitative estimate of drug-likeness (QED) is 0.818. The van der Waals surface area contributed by atoms with E-state index in [1.54, 1.807) is 0 Å². The van der Waals surface area contributed by atoms with Crippen molar-refractivity contribution in [1.29, 1.82) is 0 Å². The molecule has 1 aromatic carbocycles. The van der Waals surface area contributed by atoms with Gasteiger partial charge in [-0.05, 0) is 44.5 Å². The first-order chi connectivity index (χ1) is 9.70. The fraction of sp³-hybridized carbons (Fsp3) is 0.588. The molecule has 3 nitrogen and oxygen atoms in total. The zero-order valence-electron chi connectivity index (χ0n) is 12.6. The highest BCUT2D eigenvalue weighted by Gasteiger charge is 2.19. The number of nitrogens with one attached hydrogen (secondary N) is 2. The molecule has 3 heteroatoms. The molecule has 1 aromatic rings. The Balaban J connectivity index is 1.93. The van der Waals surface area contributed by atoms with E-state index in [9.17, 15) is 4.79 Å². The topological polar surface area (TPSA) is 41.1 Å². The average molecular weight is 274 g/mol. The summed E-state index contributed by atoms with van der Waals surface area (Å²) in [6, 6.07) is 8.48. The first-order valence-corrected chi connectivity index (χ1v) is 7.79. The molecule has 110 valence electrons. The molecule has 1 unspecified atom stereocenters. The number of rotatable bonds is 4. The van der Waals surface area contributed by atoms with Crippen LogP contribution in [0.1, 0.15) is 57.1 Å². The minimum atomic E-state index is 0.196. The lowest BCUT2D eigenvalue weighted by atomic mass is 9.99. The van der Waals surface area contributed by atoms with Crippen LogP contribution in [-0.4, -0.2) is 13.0 Å². The third kappa shape index (κ3) is 4.07. The van der Waals surface area contributed by atoms with Gasteiger partial charge in [-0.1, -0.05) is 37.8 Å². The monoisotopic (exact) mass is 274 g/mol. The molecule has 0 spiro atoms. The van der Waals surface area contributed by atoms with Crippen LogP contribution in [0.25, 0.3) is 0 Å². The molecule has 2 N–H and O–H groups in total. The zero-order chi connectivity index (χ0) is 14.4. The van der Waals surface area contributed by atoms with Gasteiger partial charge in [-0.2, -0.15) is 0 Å². The van der Waals surface area contributed by atoms with Crippen molar-refractivity contribution in [3.63, 3.8) is 0 Å². The van der Waals surface area contributed by atoms with Crippen molar-refractivity contribution in [2.75, 3.05) is 12.4 Å². The molecule has 1 aliphatic rings. The molecule has 1 atom stereocenters. The Morgan fingerprint density at radius 3 is 2.25 bits per heavy atom. The van der Waals surface area contributed by atoms with E-state index in [0.717, 1.165) is 18.5 Å². The summed E-state index contributed by atoms with van der Waals surface area (Å²) < 4.78 is 0. The van der Waals surface area contributed by atoms with Gasteiger partial charge >= 0.3 is 0 Å². The molecule has 0 aromatic heterocycles. The summed E-state index contributed by atoms with van der Waals surface area (Å²) in [6.07, 6.45) is 7.02. The number of benzene rings is 1. The van der Waals surface area contributed by atoms with Gasteiger partial charge in [0.1, 0.15) is 0 Å². The summed E-state index contributed by atoms with van der Waals surface area (Å²) in [5.74, 6) is 0.398. The second kappa shape index (κ2) is 7.44. The highest BCUT2D eigenvalue weighted by Crippen LogP contribution is 2.24. The Hall–Kier alpha value is -1.35. The average Bonchev–Trinajstić information content (AvgIpc) is 2.76. The Kier molecular flexibility index (Phi) is 5.60. The van der Waals surface area contributed by atoms with Gasteiger partial charge in [0, 0.05) is 17.6 Å². The highest BCUT2D eigenvalue weighted by atomic mass is 16.1. The van der Waals surface area contributed by atoms with Gasteiger partial charge in [-0.3, -0.25) is 4.79 Å². The summed E-state index contributed by atoms with van der Waals surface area (Å²) in [5.41, 5.74) is 2.14. The first-order valence-electron chi connectivity index (χ1n) is 7.79. The first kappa shape index (κ1) is 15.0. The van der Waals surface area contributed by atoms with Crippen molar-refractivity contribution in [3.8, 4) is 0 Å². The summed E-state index contributed by atoms with van der Waals surface area (Å²) in [5, 5.41) is 6.28. The second-order valence-corrected chi connectivity index (χ2v) is 5.81. The lowest BCUT2D eigenvalue weighted by Crippen LogP contribution is -2.22. The SMILES string of the molecule is CNC(C)c1ccc(NC(=O)C2CCCCCC2)cc1. The predicted molar refractivity (Wildman–Crippen MR) is 83.7 cm³/mol. The predicted octanol–water partition coefficient (Wildman–Crippen LogP) is 3.88. The smallest absolute Gasteiger partial charge is 0.227 e. The fourth-order valence-corrected chi connectivity index (χ4v) is 2.81. The van der Waals surface area contributed by atoms with Crippen molar-refractivity contribution in [3.05, 3.63) is 29.8 Å². The number of hydrogen-bond acceptors (Lipinski definition) is 2. The van der Waals surface area contributed by atoms with Crippen LogP contribution in [0.2, 0.25) is 0 Å². The van der Waals surface area contributed by atoms with E-state index in [1.165, 1.54) is 31.2 Å². The van der Waals surface area contributed by atoms with Crippen LogP contribution in [-0.2, 0) is 4.79 Å².